The topological polar surface area (TPSA) is 115 Å². The van der Waals surface area contributed by atoms with Gasteiger partial charge in [0.05, 0.1) is 0 Å². The lowest BCUT2D eigenvalue weighted by molar-refractivity contribution is 0.0216. The van der Waals surface area contributed by atoms with Gasteiger partial charge in [0, 0.05) is 19.6 Å². The second-order valence-corrected chi connectivity index (χ2v) is 11.1. The molecule has 1 heterocycles. The highest BCUT2D eigenvalue weighted by molar-refractivity contribution is 5.89. The van der Waals surface area contributed by atoms with E-state index < -0.39 is 23.4 Å². The highest BCUT2D eigenvalue weighted by atomic mass is 16.6. The molecule has 0 fully saturated rings. The van der Waals surface area contributed by atoms with Gasteiger partial charge < -0.3 is 25.3 Å². The summed E-state index contributed by atoms with van der Waals surface area (Å²) in [5.41, 5.74) is 8.11. The average molecular weight is 511 g/mol. The van der Waals surface area contributed by atoms with E-state index in [4.69, 9.17) is 19.9 Å². The number of hydrogen-bond donors (Lipinski definition) is 2. The minimum atomic E-state index is -0.634. The molecule has 0 saturated carbocycles. The number of ether oxygens (including phenoxy) is 3. The van der Waals surface area contributed by atoms with E-state index in [2.05, 4.69) is 10.3 Å². The van der Waals surface area contributed by atoms with Crippen molar-refractivity contribution >= 4 is 23.7 Å². The molecular formula is C28H38N4O5. The Balaban J connectivity index is 1.72. The minimum Gasteiger partial charge on any atom is -0.481 e. The van der Waals surface area contributed by atoms with Crippen LogP contribution in [0.4, 0.5) is 15.3 Å². The molecule has 2 aromatic carbocycles. The van der Waals surface area contributed by atoms with Crippen LogP contribution in [0.3, 0.4) is 0 Å². The standard InChI is InChI=1S/C28H38N4O5/c1-18-24(29)31-22-14-21(12-13-23(22)35-18)17-32(26(34)37-28(5,6)7)16-20-10-8-19(9-11-20)15-30-25(33)36-27(2,3)4/h8-14,18H,15-17H2,1-7H3,(H2,29,31)(H,30,33). The highest BCUT2D eigenvalue weighted by Crippen LogP contribution is 2.33. The first-order valence-electron chi connectivity index (χ1n) is 12.3. The van der Waals surface area contributed by atoms with Crippen molar-refractivity contribution in [3.63, 3.8) is 0 Å². The average Bonchev–Trinajstić information content (AvgIpc) is 2.77. The maximum atomic E-state index is 13.1. The van der Waals surface area contributed by atoms with Crippen LogP contribution in [0.5, 0.6) is 5.75 Å². The number of nitrogens with two attached hydrogens (primary N) is 1. The molecule has 3 rings (SSSR count). The number of amides is 2. The Morgan fingerprint density at radius 3 is 2.14 bits per heavy atom. The van der Waals surface area contributed by atoms with Crippen molar-refractivity contribution in [3.8, 4) is 5.75 Å². The van der Waals surface area contributed by atoms with Crippen LogP contribution in [0, 0.1) is 0 Å². The van der Waals surface area contributed by atoms with Crippen molar-refractivity contribution in [1.29, 1.82) is 0 Å². The van der Waals surface area contributed by atoms with Crippen molar-refractivity contribution in [3.05, 3.63) is 59.2 Å². The Bertz CT molecular complexity index is 1150. The van der Waals surface area contributed by atoms with Gasteiger partial charge in [-0.2, -0.15) is 0 Å². The van der Waals surface area contributed by atoms with Gasteiger partial charge >= 0.3 is 12.2 Å². The summed E-state index contributed by atoms with van der Waals surface area (Å²) < 4.78 is 16.7. The van der Waals surface area contributed by atoms with Crippen LogP contribution in [0.25, 0.3) is 0 Å². The van der Waals surface area contributed by atoms with Gasteiger partial charge in [-0.1, -0.05) is 30.3 Å². The maximum absolute atomic E-state index is 13.1. The summed E-state index contributed by atoms with van der Waals surface area (Å²) in [5.74, 6) is 1.07. The number of rotatable bonds is 6. The third-order valence-electron chi connectivity index (χ3n) is 5.25. The lowest BCUT2D eigenvalue weighted by atomic mass is 10.1. The third kappa shape index (κ3) is 8.70. The summed E-state index contributed by atoms with van der Waals surface area (Å²) in [6.07, 6.45) is -1.17. The quantitative estimate of drug-likeness (QED) is 0.536. The van der Waals surface area contributed by atoms with E-state index in [9.17, 15) is 9.59 Å². The molecule has 1 unspecified atom stereocenters. The summed E-state index contributed by atoms with van der Waals surface area (Å²) in [6, 6.07) is 13.3. The molecule has 2 aromatic rings. The lowest BCUT2D eigenvalue weighted by Gasteiger charge is -2.28. The lowest BCUT2D eigenvalue weighted by Crippen LogP contribution is -2.36. The van der Waals surface area contributed by atoms with Gasteiger partial charge in [0.15, 0.2) is 6.10 Å². The van der Waals surface area contributed by atoms with Crippen LogP contribution in [0.1, 0.15) is 65.2 Å². The molecule has 0 bridgehead atoms. The Labute approximate surface area is 219 Å². The first kappa shape index (κ1) is 27.8. The molecule has 0 radical (unpaired) electrons. The number of alkyl carbamates (subject to hydrolysis) is 1. The van der Waals surface area contributed by atoms with Gasteiger partial charge in [0.2, 0.25) is 0 Å². The number of hydrogen-bond acceptors (Lipinski definition) is 7. The van der Waals surface area contributed by atoms with Gasteiger partial charge in [0.1, 0.15) is 28.5 Å². The Kier molecular flexibility index (Phi) is 8.35. The molecule has 37 heavy (non-hydrogen) atoms. The van der Waals surface area contributed by atoms with E-state index in [-0.39, 0.29) is 6.10 Å². The molecule has 1 aliphatic rings. The number of amidine groups is 1. The van der Waals surface area contributed by atoms with E-state index >= 15 is 0 Å². The fourth-order valence-electron chi connectivity index (χ4n) is 3.53. The van der Waals surface area contributed by atoms with Gasteiger partial charge in [-0.05, 0) is 77.3 Å². The van der Waals surface area contributed by atoms with Crippen molar-refractivity contribution in [2.24, 2.45) is 10.7 Å². The van der Waals surface area contributed by atoms with E-state index in [1.807, 2.05) is 90.9 Å². The molecule has 0 aliphatic carbocycles. The fraction of sp³-hybridized carbons (Fsp3) is 0.464. The molecule has 1 atom stereocenters. The van der Waals surface area contributed by atoms with Crippen LogP contribution in [-0.2, 0) is 29.1 Å². The predicted octanol–water partition coefficient (Wildman–Crippen LogP) is 5.42. The number of carbonyl (C=O) groups is 2. The molecular weight excluding hydrogens is 472 g/mol. The zero-order valence-electron chi connectivity index (χ0n) is 22.8. The summed E-state index contributed by atoms with van der Waals surface area (Å²) in [6.45, 7) is 13.8. The van der Waals surface area contributed by atoms with Crippen molar-refractivity contribution in [2.45, 2.75) is 85.4 Å². The van der Waals surface area contributed by atoms with Gasteiger partial charge in [-0.15, -0.1) is 0 Å². The summed E-state index contributed by atoms with van der Waals surface area (Å²) >= 11 is 0. The number of carbonyl (C=O) groups excluding carboxylic acids is 2. The normalized spacial score (nSPS) is 15.1. The molecule has 200 valence electrons. The minimum absolute atomic E-state index is 0.279. The van der Waals surface area contributed by atoms with Crippen molar-refractivity contribution in [2.75, 3.05) is 0 Å². The van der Waals surface area contributed by atoms with Crippen molar-refractivity contribution in [1.82, 2.24) is 10.2 Å². The molecule has 9 heteroatoms. The fourth-order valence-corrected chi connectivity index (χ4v) is 3.53. The molecule has 2 amide bonds. The maximum Gasteiger partial charge on any atom is 0.410 e. The molecule has 1 aliphatic heterocycles. The number of fused-ring (bicyclic) bond motifs is 1. The summed E-state index contributed by atoms with van der Waals surface area (Å²) in [7, 11) is 0. The Morgan fingerprint density at radius 2 is 1.51 bits per heavy atom. The number of aliphatic imine (C=N–C) groups is 1. The summed E-state index contributed by atoms with van der Waals surface area (Å²) in [5, 5.41) is 2.75. The molecule has 0 saturated heterocycles. The Morgan fingerprint density at radius 1 is 0.946 bits per heavy atom. The van der Waals surface area contributed by atoms with Crippen LogP contribution in [0.15, 0.2) is 47.5 Å². The molecule has 0 aromatic heterocycles. The second-order valence-electron chi connectivity index (χ2n) is 11.1. The summed E-state index contributed by atoms with van der Waals surface area (Å²) in [4.78, 5) is 31.1. The largest absolute Gasteiger partial charge is 0.481 e. The molecule has 0 spiro atoms. The van der Waals surface area contributed by atoms with E-state index in [0.717, 1.165) is 16.7 Å². The van der Waals surface area contributed by atoms with E-state index in [1.165, 1.54) is 0 Å². The Hall–Kier alpha value is -3.75. The zero-order valence-corrected chi connectivity index (χ0v) is 22.8. The third-order valence-corrected chi connectivity index (χ3v) is 5.25. The van der Waals surface area contributed by atoms with Crippen LogP contribution >= 0.6 is 0 Å². The number of nitrogens with zero attached hydrogens (tertiary/aromatic N) is 2. The van der Waals surface area contributed by atoms with Gasteiger partial charge in [0.25, 0.3) is 0 Å². The van der Waals surface area contributed by atoms with Crippen LogP contribution < -0.4 is 15.8 Å². The van der Waals surface area contributed by atoms with E-state index in [0.29, 0.717) is 36.9 Å². The highest BCUT2D eigenvalue weighted by Gasteiger charge is 2.24. The van der Waals surface area contributed by atoms with E-state index in [1.54, 1.807) is 4.90 Å². The van der Waals surface area contributed by atoms with Gasteiger partial charge in [-0.25, -0.2) is 14.6 Å². The van der Waals surface area contributed by atoms with Gasteiger partial charge in [-0.3, -0.25) is 4.90 Å². The molecule has 9 nitrogen and oxygen atoms in total. The van der Waals surface area contributed by atoms with Crippen LogP contribution in [-0.4, -0.2) is 40.2 Å². The number of benzene rings is 2. The van der Waals surface area contributed by atoms with Crippen LogP contribution in [0.2, 0.25) is 0 Å². The predicted molar refractivity (Wildman–Crippen MR) is 143 cm³/mol. The number of nitrogens with one attached hydrogen (secondary N) is 1. The monoisotopic (exact) mass is 510 g/mol. The molecule has 3 N–H and O–H groups in total. The zero-order chi connectivity index (χ0) is 27.4. The second kappa shape index (κ2) is 11.1. The SMILES string of the molecule is CC1Oc2ccc(CN(Cc3ccc(CNC(=O)OC(C)(C)C)cc3)C(=O)OC(C)(C)C)cc2N=C1N. The first-order valence-corrected chi connectivity index (χ1v) is 12.3. The first-order chi connectivity index (χ1) is 17.2. The van der Waals surface area contributed by atoms with Crippen molar-refractivity contribution < 1.29 is 23.8 Å². The smallest absolute Gasteiger partial charge is 0.410 e.